The third-order valence-corrected chi connectivity index (χ3v) is 14.4. The third kappa shape index (κ3) is 3.34. The molecule has 5 aliphatic rings. The molecule has 0 bridgehead atoms. The molecule has 0 heterocycles. The van der Waals surface area contributed by atoms with Gasteiger partial charge in [-0.15, -0.1) is 0 Å². The number of carbonyl (C=O) groups is 1. The van der Waals surface area contributed by atoms with Crippen molar-refractivity contribution >= 4 is 5.97 Å². The third-order valence-electron chi connectivity index (χ3n) is 14.4. The van der Waals surface area contributed by atoms with E-state index in [-0.39, 0.29) is 34.4 Å². The van der Waals surface area contributed by atoms with E-state index < -0.39 is 0 Å². The number of hydrogen-bond acceptors (Lipinski definition) is 3. The number of aliphatic hydroxyl groups is 1. The van der Waals surface area contributed by atoms with Crippen LogP contribution >= 0.6 is 0 Å². The molecule has 0 radical (unpaired) electrons. The average molecular weight is 487 g/mol. The van der Waals surface area contributed by atoms with Gasteiger partial charge in [0.2, 0.25) is 0 Å². The zero-order valence-electron chi connectivity index (χ0n) is 24.3. The van der Waals surface area contributed by atoms with Crippen molar-refractivity contribution in [1.82, 2.24) is 0 Å². The Labute approximate surface area is 215 Å². The van der Waals surface area contributed by atoms with E-state index in [0.717, 1.165) is 24.7 Å². The minimum Gasteiger partial charge on any atom is -0.462 e. The Morgan fingerprint density at radius 3 is 2.03 bits per heavy atom. The summed E-state index contributed by atoms with van der Waals surface area (Å²) in [5.41, 5.74) is 1.63. The Morgan fingerprint density at radius 2 is 1.37 bits per heavy atom. The highest BCUT2D eigenvalue weighted by molar-refractivity contribution is 5.66. The summed E-state index contributed by atoms with van der Waals surface area (Å²) in [5, 5.41) is 10.8. The minimum absolute atomic E-state index is 0.0257. The van der Waals surface area contributed by atoms with Gasteiger partial charge in [-0.25, -0.2) is 0 Å². The van der Waals surface area contributed by atoms with Gasteiger partial charge in [0.25, 0.3) is 0 Å². The molecule has 0 aromatic rings. The lowest BCUT2D eigenvalue weighted by molar-refractivity contribution is -0.270. The van der Waals surface area contributed by atoms with Crippen LogP contribution in [0.2, 0.25) is 0 Å². The first-order chi connectivity index (χ1) is 16.0. The van der Waals surface area contributed by atoms with Crippen LogP contribution in [-0.2, 0) is 9.53 Å². The van der Waals surface area contributed by atoms with Gasteiger partial charge in [0.15, 0.2) is 0 Å². The quantitative estimate of drug-likeness (QED) is 0.385. The van der Waals surface area contributed by atoms with Crippen LogP contribution in [0.3, 0.4) is 0 Å². The molecule has 1 N–H and O–H groups in total. The molecule has 3 heteroatoms. The normalized spacial score (nSPS) is 57.2. The number of fused-ring (bicyclic) bond motifs is 7. The van der Waals surface area contributed by atoms with Crippen molar-refractivity contribution in [2.75, 3.05) is 0 Å². The zero-order chi connectivity index (χ0) is 25.8. The van der Waals surface area contributed by atoms with Crippen LogP contribution in [-0.4, -0.2) is 23.3 Å². The maximum absolute atomic E-state index is 11.9. The van der Waals surface area contributed by atoms with Crippen molar-refractivity contribution in [2.45, 2.75) is 139 Å². The maximum atomic E-state index is 11.9. The molecule has 0 amide bonds. The molecule has 5 saturated carbocycles. The van der Waals surface area contributed by atoms with Gasteiger partial charge >= 0.3 is 5.97 Å². The van der Waals surface area contributed by atoms with Crippen LogP contribution in [0.25, 0.3) is 0 Å². The van der Waals surface area contributed by atoms with Gasteiger partial charge < -0.3 is 9.84 Å². The fraction of sp³-hybridized carbons (Fsp3) is 0.969. The summed E-state index contributed by atoms with van der Waals surface area (Å²) in [6.07, 6.45) is 12.2. The molecule has 0 aromatic heterocycles. The number of rotatable bonds is 1. The average Bonchev–Trinajstić information content (AvgIpc) is 2.75. The van der Waals surface area contributed by atoms with Crippen molar-refractivity contribution in [1.29, 1.82) is 0 Å². The smallest absolute Gasteiger partial charge is 0.302 e. The molecule has 0 saturated heterocycles. The maximum Gasteiger partial charge on any atom is 0.302 e. The van der Waals surface area contributed by atoms with E-state index in [0.29, 0.717) is 28.1 Å². The SMILES string of the molecule is CC(=O)OC1CC2(C)CCC3(C)C4CCC5(C)C(C)C(O)CCC5C4(C)CCC3(C)C2CC1(C)C. The van der Waals surface area contributed by atoms with E-state index in [1.54, 1.807) is 6.92 Å². The van der Waals surface area contributed by atoms with E-state index in [1.807, 2.05) is 0 Å². The minimum atomic E-state index is -0.123. The van der Waals surface area contributed by atoms with Crippen LogP contribution in [0.5, 0.6) is 0 Å². The summed E-state index contributed by atoms with van der Waals surface area (Å²) in [6, 6.07) is 0. The molecule has 0 aromatic carbocycles. The summed E-state index contributed by atoms with van der Waals surface area (Å²) < 4.78 is 5.95. The van der Waals surface area contributed by atoms with Crippen molar-refractivity contribution in [3.63, 3.8) is 0 Å². The van der Waals surface area contributed by atoms with Crippen LogP contribution in [0, 0.1) is 56.2 Å². The van der Waals surface area contributed by atoms with Gasteiger partial charge in [-0.1, -0.05) is 55.4 Å². The van der Waals surface area contributed by atoms with Crippen molar-refractivity contribution in [3.05, 3.63) is 0 Å². The van der Waals surface area contributed by atoms with Crippen LogP contribution in [0.15, 0.2) is 0 Å². The topological polar surface area (TPSA) is 46.5 Å². The first-order valence-corrected chi connectivity index (χ1v) is 14.9. The van der Waals surface area contributed by atoms with Gasteiger partial charge in [-0.05, 0) is 115 Å². The Kier molecular flexibility index (Phi) is 5.76. The molecule has 35 heavy (non-hydrogen) atoms. The second-order valence-electron chi connectivity index (χ2n) is 16.1. The largest absolute Gasteiger partial charge is 0.462 e. The first kappa shape index (κ1) is 26.1. The summed E-state index contributed by atoms with van der Waals surface area (Å²) in [5.74, 6) is 2.47. The summed E-state index contributed by atoms with van der Waals surface area (Å²) in [7, 11) is 0. The molecule has 5 aliphatic carbocycles. The fourth-order valence-corrected chi connectivity index (χ4v) is 11.8. The monoisotopic (exact) mass is 486 g/mol. The molecule has 200 valence electrons. The second-order valence-corrected chi connectivity index (χ2v) is 16.1. The van der Waals surface area contributed by atoms with Gasteiger partial charge in [-0.2, -0.15) is 0 Å². The van der Waals surface area contributed by atoms with Gasteiger partial charge in [-0.3, -0.25) is 4.79 Å². The Balaban J connectivity index is 1.50. The van der Waals surface area contributed by atoms with E-state index in [2.05, 4.69) is 55.4 Å². The number of hydrogen-bond donors (Lipinski definition) is 1. The lowest BCUT2D eigenvalue weighted by atomic mass is 9.30. The second kappa shape index (κ2) is 7.73. The molecule has 0 spiro atoms. The Morgan fingerprint density at radius 1 is 0.743 bits per heavy atom. The summed E-state index contributed by atoms with van der Waals surface area (Å²) >= 11 is 0. The van der Waals surface area contributed by atoms with E-state index in [4.69, 9.17) is 4.74 Å². The number of carbonyl (C=O) groups excluding carboxylic acids is 1. The molecule has 5 fully saturated rings. The molecule has 5 rings (SSSR count). The molecule has 11 unspecified atom stereocenters. The summed E-state index contributed by atoms with van der Waals surface area (Å²) in [4.78, 5) is 11.9. The lowest BCUT2D eigenvalue weighted by Crippen LogP contribution is -2.68. The standard InChI is InChI=1S/C32H54O3/c1-20-22(34)10-11-23-29(20,6)13-12-24-30(23,7)15-17-32(9)25-18-27(3,4)26(35-21(2)33)19-28(25,5)14-16-31(24,32)8/h20,22-26,34H,10-19H2,1-9H3. The zero-order valence-corrected chi connectivity index (χ0v) is 24.3. The molecule has 3 nitrogen and oxygen atoms in total. The highest BCUT2D eigenvalue weighted by atomic mass is 16.5. The van der Waals surface area contributed by atoms with Crippen molar-refractivity contribution < 1.29 is 14.6 Å². The Hall–Kier alpha value is -0.570. The fourth-order valence-electron chi connectivity index (χ4n) is 11.8. The lowest BCUT2D eigenvalue weighted by Gasteiger charge is -2.75. The van der Waals surface area contributed by atoms with Gasteiger partial charge in [0.05, 0.1) is 6.10 Å². The number of aliphatic hydroxyl groups excluding tert-OH is 1. The van der Waals surface area contributed by atoms with E-state index in [9.17, 15) is 9.90 Å². The highest BCUT2D eigenvalue weighted by Crippen LogP contribution is 2.78. The van der Waals surface area contributed by atoms with Crippen LogP contribution in [0.1, 0.15) is 127 Å². The molecular formula is C32H54O3. The predicted octanol–water partition coefficient (Wildman–Crippen LogP) is 7.79. The number of esters is 1. The van der Waals surface area contributed by atoms with Crippen molar-refractivity contribution in [3.8, 4) is 0 Å². The molecular weight excluding hydrogens is 432 g/mol. The predicted molar refractivity (Wildman–Crippen MR) is 142 cm³/mol. The molecule has 0 aliphatic heterocycles. The van der Waals surface area contributed by atoms with Crippen molar-refractivity contribution in [2.24, 2.45) is 56.2 Å². The van der Waals surface area contributed by atoms with Gasteiger partial charge in [0.1, 0.15) is 6.10 Å². The number of ether oxygens (including phenoxy) is 1. The summed E-state index contributed by atoms with van der Waals surface area (Å²) in [6.45, 7) is 21.7. The van der Waals surface area contributed by atoms with E-state index in [1.165, 1.54) is 51.4 Å². The van der Waals surface area contributed by atoms with Crippen LogP contribution in [0.4, 0.5) is 0 Å². The highest BCUT2D eigenvalue weighted by Gasteiger charge is 2.71. The first-order valence-electron chi connectivity index (χ1n) is 14.9. The van der Waals surface area contributed by atoms with Gasteiger partial charge in [0, 0.05) is 12.3 Å². The molecule has 11 atom stereocenters. The van der Waals surface area contributed by atoms with Crippen LogP contribution < -0.4 is 0 Å². The van der Waals surface area contributed by atoms with E-state index >= 15 is 0 Å². The Bertz CT molecular complexity index is 880.